The average Bonchev–Trinajstić information content (AvgIpc) is 2.54. The van der Waals surface area contributed by atoms with Gasteiger partial charge >= 0.3 is 0 Å². The fourth-order valence-corrected chi connectivity index (χ4v) is 1.16. The van der Waals surface area contributed by atoms with Crippen molar-refractivity contribution in [3.63, 3.8) is 0 Å². The molecule has 0 unspecified atom stereocenters. The third kappa shape index (κ3) is 0.649. The zero-order valence-corrected chi connectivity index (χ0v) is 5.97. The van der Waals surface area contributed by atoms with Crippen molar-refractivity contribution in [3.8, 4) is 6.07 Å². The first kappa shape index (κ1) is 5.98. The lowest BCUT2D eigenvalue weighted by atomic mass is 10.2. The van der Waals surface area contributed by atoms with Gasteiger partial charge in [-0.3, -0.25) is 5.10 Å². The molecular formula is C7H6N4. The molecule has 2 N–H and O–H groups in total. The number of aromatic amines is 2. The molecule has 0 spiro atoms. The molecule has 0 saturated heterocycles. The van der Waals surface area contributed by atoms with Crippen molar-refractivity contribution in [2.75, 3.05) is 0 Å². The molecule has 0 fully saturated rings. The van der Waals surface area contributed by atoms with Gasteiger partial charge in [0.25, 0.3) is 0 Å². The Morgan fingerprint density at radius 2 is 2.45 bits per heavy atom. The fraction of sp³-hybridized carbons (Fsp3) is 0.143. The maximum atomic E-state index is 8.66. The molecule has 2 rings (SSSR count). The van der Waals surface area contributed by atoms with Crippen molar-refractivity contribution in [2.24, 2.45) is 0 Å². The Bertz CT molecular complexity index is 429. The topological polar surface area (TPSA) is 68.3 Å². The first-order valence-electron chi connectivity index (χ1n) is 3.25. The monoisotopic (exact) mass is 146 g/mol. The second-order valence-corrected chi connectivity index (χ2v) is 2.39. The highest BCUT2D eigenvalue weighted by Gasteiger charge is 2.07. The molecule has 0 aromatic carbocycles. The van der Waals surface area contributed by atoms with E-state index >= 15 is 0 Å². The Labute approximate surface area is 62.8 Å². The van der Waals surface area contributed by atoms with E-state index in [0.717, 1.165) is 16.7 Å². The predicted octanol–water partition coefficient (Wildman–Crippen LogP) is 1.07. The van der Waals surface area contributed by atoms with E-state index in [4.69, 9.17) is 5.26 Å². The Morgan fingerprint density at radius 3 is 3.18 bits per heavy atom. The van der Waals surface area contributed by atoms with Gasteiger partial charge in [0.05, 0.1) is 10.9 Å². The minimum atomic E-state index is 0.645. The summed E-state index contributed by atoms with van der Waals surface area (Å²) >= 11 is 0. The predicted molar refractivity (Wildman–Crippen MR) is 39.9 cm³/mol. The first-order chi connectivity index (χ1) is 5.33. The SMILES string of the molecule is Cc1[nH]nc2[nH]cc(C#N)c12. The van der Waals surface area contributed by atoms with Crippen LogP contribution in [0.15, 0.2) is 6.20 Å². The summed E-state index contributed by atoms with van der Waals surface area (Å²) in [7, 11) is 0. The third-order valence-electron chi connectivity index (χ3n) is 1.69. The smallest absolute Gasteiger partial charge is 0.160 e. The summed E-state index contributed by atoms with van der Waals surface area (Å²) in [5.74, 6) is 0. The van der Waals surface area contributed by atoms with E-state index in [9.17, 15) is 0 Å². The van der Waals surface area contributed by atoms with E-state index in [-0.39, 0.29) is 0 Å². The van der Waals surface area contributed by atoms with Gasteiger partial charge < -0.3 is 4.98 Å². The zero-order valence-electron chi connectivity index (χ0n) is 5.97. The van der Waals surface area contributed by atoms with E-state index < -0.39 is 0 Å². The number of hydrogen-bond acceptors (Lipinski definition) is 2. The largest absolute Gasteiger partial charge is 0.343 e. The van der Waals surface area contributed by atoms with Crippen LogP contribution in [0.25, 0.3) is 11.0 Å². The van der Waals surface area contributed by atoms with Gasteiger partial charge in [0.2, 0.25) is 0 Å². The number of nitriles is 1. The van der Waals surface area contributed by atoms with Crippen LogP contribution in [0, 0.1) is 18.3 Å². The maximum Gasteiger partial charge on any atom is 0.160 e. The van der Waals surface area contributed by atoms with Gasteiger partial charge in [-0.15, -0.1) is 0 Å². The minimum absolute atomic E-state index is 0.645. The molecule has 0 aliphatic carbocycles. The van der Waals surface area contributed by atoms with Gasteiger partial charge in [0.1, 0.15) is 6.07 Å². The summed E-state index contributed by atoms with van der Waals surface area (Å²) in [6.45, 7) is 1.89. The second-order valence-electron chi connectivity index (χ2n) is 2.39. The number of rotatable bonds is 0. The Hall–Kier alpha value is -1.76. The second kappa shape index (κ2) is 1.86. The van der Waals surface area contributed by atoms with Crippen LogP contribution in [-0.2, 0) is 0 Å². The molecule has 4 nitrogen and oxygen atoms in total. The van der Waals surface area contributed by atoms with Gasteiger partial charge in [0, 0.05) is 11.9 Å². The summed E-state index contributed by atoms with van der Waals surface area (Å²) in [5, 5.41) is 16.3. The number of fused-ring (bicyclic) bond motifs is 1. The highest BCUT2D eigenvalue weighted by molar-refractivity contribution is 5.84. The van der Waals surface area contributed by atoms with Crippen LogP contribution in [0.3, 0.4) is 0 Å². The minimum Gasteiger partial charge on any atom is -0.343 e. The van der Waals surface area contributed by atoms with Crippen molar-refractivity contribution in [3.05, 3.63) is 17.5 Å². The fourth-order valence-electron chi connectivity index (χ4n) is 1.16. The summed E-state index contributed by atoms with van der Waals surface area (Å²) in [4.78, 5) is 2.90. The molecule has 54 valence electrons. The normalized spacial score (nSPS) is 10.2. The number of aromatic nitrogens is 3. The standard InChI is InChI=1S/C7H6N4/c1-4-6-5(2-8)3-9-7(6)11-10-4/h3H,1H3,(H2,9,10,11). The highest BCUT2D eigenvalue weighted by atomic mass is 15.1. The molecule has 0 atom stereocenters. The Balaban J connectivity index is 2.94. The molecule has 2 aromatic heterocycles. The van der Waals surface area contributed by atoms with Crippen molar-refractivity contribution < 1.29 is 0 Å². The molecule has 0 bridgehead atoms. The molecule has 4 heteroatoms. The average molecular weight is 146 g/mol. The lowest BCUT2D eigenvalue weighted by Gasteiger charge is -1.80. The molecule has 0 aliphatic heterocycles. The molecule has 2 aromatic rings. The van der Waals surface area contributed by atoms with Crippen LogP contribution < -0.4 is 0 Å². The summed E-state index contributed by atoms with van der Waals surface area (Å²) < 4.78 is 0. The molecule has 0 aliphatic rings. The van der Waals surface area contributed by atoms with Crippen molar-refractivity contribution in [2.45, 2.75) is 6.92 Å². The van der Waals surface area contributed by atoms with Crippen LogP contribution in [0.5, 0.6) is 0 Å². The molecule has 0 radical (unpaired) electrons. The number of aryl methyl sites for hydroxylation is 1. The van der Waals surface area contributed by atoms with E-state index in [1.165, 1.54) is 0 Å². The molecule has 2 heterocycles. The number of nitrogens with zero attached hydrogens (tertiary/aromatic N) is 2. The summed E-state index contributed by atoms with van der Waals surface area (Å²) in [5.41, 5.74) is 2.32. The van der Waals surface area contributed by atoms with E-state index in [0.29, 0.717) is 5.56 Å². The first-order valence-corrected chi connectivity index (χ1v) is 3.25. The van der Waals surface area contributed by atoms with Gasteiger partial charge in [-0.05, 0) is 6.92 Å². The number of H-pyrrole nitrogens is 2. The summed E-state index contributed by atoms with van der Waals surface area (Å²) in [6.07, 6.45) is 1.67. The van der Waals surface area contributed by atoms with E-state index in [1.807, 2.05) is 6.92 Å². The lowest BCUT2D eigenvalue weighted by Crippen LogP contribution is -1.73. The number of hydrogen-bond donors (Lipinski definition) is 2. The highest BCUT2D eigenvalue weighted by Crippen LogP contribution is 2.17. The van der Waals surface area contributed by atoms with Crippen LogP contribution in [0.1, 0.15) is 11.3 Å². The van der Waals surface area contributed by atoms with Gasteiger partial charge in [-0.2, -0.15) is 10.4 Å². The maximum absolute atomic E-state index is 8.66. The van der Waals surface area contributed by atoms with Gasteiger partial charge in [-0.25, -0.2) is 0 Å². The van der Waals surface area contributed by atoms with E-state index in [1.54, 1.807) is 6.20 Å². The van der Waals surface area contributed by atoms with Gasteiger partial charge in [-0.1, -0.05) is 0 Å². The molecule has 0 saturated carbocycles. The molecular weight excluding hydrogens is 140 g/mol. The Kier molecular flexibility index (Phi) is 1.01. The molecule has 11 heavy (non-hydrogen) atoms. The van der Waals surface area contributed by atoms with Crippen molar-refractivity contribution in [1.82, 2.24) is 15.2 Å². The zero-order chi connectivity index (χ0) is 7.84. The lowest BCUT2D eigenvalue weighted by molar-refractivity contribution is 1.05. The van der Waals surface area contributed by atoms with Crippen LogP contribution in [0.4, 0.5) is 0 Å². The number of nitrogens with one attached hydrogen (secondary N) is 2. The van der Waals surface area contributed by atoms with Gasteiger partial charge in [0.15, 0.2) is 5.65 Å². The summed E-state index contributed by atoms with van der Waals surface area (Å²) in [6, 6.07) is 2.09. The quantitative estimate of drug-likeness (QED) is 0.583. The molecule has 0 amide bonds. The van der Waals surface area contributed by atoms with Crippen molar-refractivity contribution >= 4 is 11.0 Å². The van der Waals surface area contributed by atoms with E-state index in [2.05, 4.69) is 21.3 Å². The third-order valence-corrected chi connectivity index (χ3v) is 1.69. The Morgan fingerprint density at radius 1 is 1.64 bits per heavy atom. The van der Waals surface area contributed by atoms with Crippen molar-refractivity contribution in [1.29, 1.82) is 5.26 Å². The van der Waals surface area contributed by atoms with Crippen LogP contribution in [-0.4, -0.2) is 15.2 Å². The van der Waals surface area contributed by atoms with Crippen LogP contribution in [0.2, 0.25) is 0 Å². The van der Waals surface area contributed by atoms with Crippen LogP contribution >= 0.6 is 0 Å².